The Labute approximate surface area is 253 Å². The molecule has 240 valence electrons. The van der Waals surface area contributed by atoms with Gasteiger partial charge in [-0.15, -0.1) is 0 Å². The molecule has 0 saturated carbocycles. The summed E-state index contributed by atoms with van der Waals surface area (Å²) in [6.45, 7) is 6.27. The fraction of sp³-hybridized carbons (Fsp3) is 0.462. The molecule has 0 aliphatic carbocycles. The highest BCUT2D eigenvalue weighted by molar-refractivity contribution is 7.89. The molecule has 18 heteroatoms. The van der Waals surface area contributed by atoms with Crippen LogP contribution in [0.25, 0.3) is 0 Å². The molecule has 44 heavy (non-hydrogen) atoms. The molecule has 0 spiro atoms. The normalized spacial score (nSPS) is 21.6. The van der Waals surface area contributed by atoms with Gasteiger partial charge >= 0.3 is 11.9 Å². The van der Waals surface area contributed by atoms with E-state index >= 15 is 0 Å². The van der Waals surface area contributed by atoms with E-state index in [-0.39, 0.29) is 26.2 Å². The summed E-state index contributed by atoms with van der Waals surface area (Å²) in [5.74, 6) is -3.87. The summed E-state index contributed by atoms with van der Waals surface area (Å²) < 4.78 is 52.6. The minimum Gasteiger partial charge on any atom is -0.481 e. The molecule has 2 aliphatic rings. The SMILES string of the molecule is CC1(C)CN(S(=O)(=O)c2ccccc2[N+](=O)[O-])C[C@H]1C(=O)O.CC1(C)CN(S(=O)(=O)c2ccccc2[N+](=O)[O-])C[C@H]1C(=O)O. The number of hydrogen-bond donors (Lipinski definition) is 2. The van der Waals surface area contributed by atoms with E-state index in [4.69, 9.17) is 0 Å². The quantitative estimate of drug-likeness (QED) is 0.308. The maximum absolute atomic E-state index is 12.6. The van der Waals surface area contributed by atoms with Crippen molar-refractivity contribution in [2.24, 2.45) is 22.7 Å². The predicted molar refractivity (Wildman–Crippen MR) is 154 cm³/mol. The van der Waals surface area contributed by atoms with Gasteiger partial charge in [0.25, 0.3) is 11.4 Å². The molecule has 0 aromatic heterocycles. The van der Waals surface area contributed by atoms with Crippen molar-refractivity contribution in [3.05, 3.63) is 68.8 Å². The number of carbonyl (C=O) groups is 2. The summed E-state index contributed by atoms with van der Waals surface area (Å²) in [6.07, 6.45) is 0. The van der Waals surface area contributed by atoms with Crippen LogP contribution in [-0.4, -0.2) is 83.6 Å². The average molecular weight is 657 g/mol. The standard InChI is InChI=1S/2C13H16N2O6S/c2*1-13(2)8-14(7-9(13)12(16)17)22(20,21)11-6-4-3-5-10(11)15(18)19/h2*3-6,9H,7-8H2,1-2H3,(H,16,17)/t2*9-/m00/s1. The monoisotopic (exact) mass is 656 g/mol. The van der Waals surface area contributed by atoms with E-state index in [0.717, 1.165) is 32.9 Å². The van der Waals surface area contributed by atoms with Crippen molar-refractivity contribution in [1.29, 1.82) is 0 Å². The minimum absolute atomic E-state index is 0.00164. The fourth-order valence-electron chi connectivity index (χ4n) is 5.28. The van der Waals surface area contributed by atoms with Crippen molar-refractivity contribution in [3.8, 4) is 0 Å². The lowest BCUT2D eigenvalue weighted by Gasteiger charge is -2.22. The van der Waals surface area contributed by atoms with Gasteiger partial charge < -0.3 is 10.2 Å². The lowest BCUT2D eigenvalue weighted by Crippen LogP contribution is -2.30. The molecule has 0 amide bonds. The Balaban J connectivity index is 0.000000240. The molecule has 2 aromatic carbocycles. The molecule has 2 fully saturated rings. The van der Waals surface area contributed by atoms with E-state index < -0.39 is 85.7 Å². The number of aliphatic carboxylic acids is 2. The molecule has 0 unspecified atom stereocenters. The van der Waals surface area contributed by atoms with Crippen LogP contribution in [-0.2, 0) is 29.6 Å². The number of carboxylic acids is 2. The van der Waals surface area contributed by atoms with Crippen LogP contribution in [0.15, 0.2) is 58.3 Å². The van der Waals surface area contributed by atoms with E-state index in [0.29, 0.717) is 0 Å². The van der Waals surface area contributed by atoms with Crippen molar-refractivity contribution in [3.63, 3.8) is 0 Å². The maximum Gasteiger partial charge on any atom is 0.308 e. The van der Waals surface area contributed by atoms with Crippen LogP contribution in [0.1, 0.15) is 27.7 Å². The second-order valence-electron chi connectivity index (χ2n) is 11.8. The zero-order valence-electron chi connectivity index (χ0n) is 24.2. The van der Waals surface area contributed by atoms with Crippen LogP contribution in [0.4, 0.5) is 11.4 Å². The summed E-state index contributed by atoms with van der Waals surface area (Å²) in [5.41, 5.74) is -2.52. The first-order valence-electron chi connectivity index (χ1n) is 13.1. The molecule has 2 atom stereocenters. The number of benzene rings is 2. The van der Waals surface area contributed by atoms with Gasteiger partial charge in [0.15, 0.2) is 9.79 Å². The molecule has 2 saturated heterocycles. The summed E-state index contributed by atoms with van der Waals surface area (Å²) in [4.78, 5) is 42.2. The Bertz CT molecular complexity index is 1580. The van der Waals surface area contributed by atoms with Crippen LogP contribution in [0, 0.1) is 42.9 Å². The topological polar surface area (TPSA) is 236 Å². The first-order valence-corrected chi connectivity index (χ1v) is 16.0. The molecule has 2 N–H and O–H groups in total. The molecule has 2 aliphatic heterocycles. The third-order valence-electron chi connectivity index (χ3n) is 7.78. The summed E-state index contributed by atoms with van der Waals surface area (Å²) >= 11 is 0. The summed E-state index contributed by atoms with van der Waals surface area (Å²) in [6, 6.07) is 10.1. The molecular weight excluding hydrogens is 624 g/mol. The molecule has 0 bridgehead atoms. The molecule has 2 aromatic rings. The highest BCUT2D eigenvalue weighted by atomic mass is 32.2. The van der Waals surface area contributed by atoms with Crippen molar-refractivity contribution in [1.82, 2.24) is 8.61 Å². The van der Waals surface area contributed by atoms with E-state index in [9.17, 15) is 56.9 Å². The minimum atomic E-state index is -4.12. The number of carboxylic acid groups (broad SMARTS) is 2. The summed E-state index contributed by atoms with van der Waals surface area (Å²) in [5, 5.41) is 40.5. The maximum atomic E-state index is 12.6. The van der Waals surface area contributed by atoms with Crippen LogP contribution in [0.3, 0.4) is 0 Å². The third kappa shape index (κ3) is 6.72. The van der Waals surface area contributed by atoms with Gasteiger partial charge in [-0.3, -0.25) is 29.8 Å². The van der Waals surface area contributed by atoms with Crippen LogP contribution in [0.5, 0.6) is 0 Å². The lowest BCUT2D eigenvalue weighted by molar-refractivity contribution is -0.388. The number of para-hydroxylation sites is 2. The Morgan fingerprint density at radius 3 is 1.25 bits per heavy atom. The second-order valence-corrected chi connectivity index (χ2v) is 15.6. The van der Waals surface area contributed by atoms with Gasteiger partial charge in [0, 0.05) is 38.3 Å². The van der Waals surface area contributed by atoms with Gasteiger partial charge in [-0.25, -0.2) is 16.8 Å². The van der Waals surface area contributed by atoms with Crippen LogP contribution < -0.4 is 0 Å². The van der Waals surface area contributed by atoms with Crippen LogP contribution in [0.2, 0.25) is 0 Å². The van der Waals surface area contributed by atoms with E-state index in [2.05, 4.69) is 0 Å². The van der Waals surface area contributed by atoms with Gasteiger partial charge in [-0.1, -0.05) is 52.0 Å². The lowest BCUT2D eigenvalue weighted by atomic mass is 9.82. The second kappa shape index (κ2) is 12.2. The van der Waals surface area contributed by atoms with Gasteiger partial charge in [0.1, 0.15) is 0 Å². The largest absolute Gasteiger partial charge is 0.481 e. The van der Waals surface area contributed by atoms with Crippen LogP contribution >= 0.6 is 0 Å². The highest BCUT2D eigenvalue weighted by Gasteiger charge is 2.50. The number of hydrogen-bond acceptors (Lipinski definition) is 10. The Morgan fingerprint density at radius 2 is 1.00 bits per heavy atom. The predicted octanol–water partition coefficient (Wildman–Crippen LogP) is 2.65. The van der Waals surface area contributed by atoms with E-state index in [1.165, 1.54) is 24.3 Å². The molecule has 4 rings (SSSR count). The average Bonchev–Trinajstić information content (AvgIpc) is 3.44. The Hall–Kier alpha value is -4.00. The number of nitrogens with zero attached hydrogens (tertiary/aromatic N) is 4. The molecular formula is C26H32N4O12S2. The van der Waals surface area contributed by atoms with E-state index in [1.807, 2.05) is 0 Å². The van der Waals surface area contributed by atoms with E-state index in [1.54, 1.807) is 27.7 Å². The van der Waals surface area contributed by atoms with Crippen molar-refractivity contribution in [2.45, 2.75) is 37.5 Å². The number of nitro benzene ring substituents is 2. The Morgan fingerprint density at radius 1 is 0.705 bits per heavy atom. The zero-order chi connectivity index (χ0) is 33.4. The molecule has 0 radical (unpaired) electrons. The van der Waals surface area contributed by atoms with Gasteiger partial charge in [-0.05, 0) is 23.0 Å². The van der Waals surface area contributed by atoms with Crippen molar-refractivity contribution < 1.29 is 46.5 Å². The fourth-order valence-corrected chi connectivity index (χ4v) is 8.85. The number of sulfonamides is 2. The number of nitro groups is 2. The zero-order valence-corrected chi connectivity index (χ0v) is 25.8. The van der Waals surface area contributed by atoms with Crippen molar-refractivity contribution in [2.75, 3.05) is 26.2 Å². The van der Waals surface area contributed by atoms with Gasteiger partial charge in [-0.2, -0.15) is 8.61 Å². The van der Waals surface area contributed by atoms with Crippen molar-refractivity contribution >= 4 is 43.4 Å². The first kappa shape index (κ1) is 34.5. The molecule has 16 nitrogen and oxygen atoms in total. The third-order valence-corrected chi connectivity index (χ3v) is 11.5. The summed E-state index contributed by atoms with van der Waals surface area (Å²) in [7, 11) is -8.25. The highest BCUT2D eigenvalue weighted by Crippen LogP contribution is 2.40. The smallest absolute Gasteiger partial charge is 0.308 e. The molecule has 2 heterocycles. The van der Waals surface area contributed by atoms with Gasteiger partial charge in [0.2, 0.25) is 20.0 Å². The first-order chi connectivity index (χ1) is 20.1. The van der Waals surface area contributed by atoms with Gasteiger partial charge in [0.05, 0.1) is 21.7 Å². The Kier molecular flexibility index (Phi) is 9.55. The number of rotatable bonds is 8.